The summed E-state index contributed by atoms with van der Waals surface area (Å²) in [6.07, 6.45) is 0. The van der Waals surface area contributed by atoms with Crippen LogP contribution in [0.25, 0.3) is 0 Å². The summed E-state index contributed by atoms with van der Waals surface area (Å²) in [4.78, 5) is 19.6. The molecular weight excluding hydrogens is 249 g/mol. The van der Waals surface area contributed by atoms with Crippen LogP contribution < -0.4 is 0 Å². The van der Waals surface area contributed by atoms with Crippen LogP contribution >= 0.6 is 17.1 Å². The summed E-state index contributed by atoms with van der Waals surface area (Å²) in [5.74, 6) is 0. The fourth-order valence-electron chi connectivity index (χ4n) is 0.945. The van der Waals surface area contributed by atoms with Crippen molar-refractivity contribution in [3.05, 3.63) is 0 Å². The maximum atomic E-state index is 8.63. The molecular formula is C9H24NO2PS2. The Hall–Kier alpha value is 0.880. The Morgan fingerprint density at radius 1 is 1.13 bits per heavy atom. The molecule has 0 bridgehead atoms. The molecule has 0 amide bonds. The van der Waals surface area contributed by atoms with Crippen LogP contribution in [0.1, 0.15) is 34.6 Å². The van der Waals surface area contributed by atoms with E-state index in [0.29, 0.717) is 0 Å². The Morgan fingerprint density at radius 3 is 1.47 bits per heavy atom. The van der Waals surface area contributed by atoms with Gasteiger partial charge in [-0.3, -0.25) is 0 Å². The van der Waals surface area contributed by atoms with Crippen LogP contribution in [-0.4, -0.2) is 39.6 Å². The number of nitrogens with zero attached hydrogens (tertiary/aromatic N) is 1. The maximum absolute atomic E-state index is 8.63. The summed E-state index contributed by atoms with van der Waals surface area (Å²) in [5, 5.41) is 0.204. The lowest BCUT2D eigenvalue weighted by atomic mass is 10.5. The summed E-state index contributed by atoms with van der Waals surface area (Å²) in [6, 6.07) is 0. The highest BCUT2D eigenvalue weighted by Crippen LogP contribution is 2.52. The van der Waals surface area contributed by atoms with Gasteiger partial charge in [0.1, 0.15) is 0 Å². The molecule has 0 saturated carbocycles. The number of hydrogen-bond acceptors (Lipinski definition) is 3. The zero-order chi connectivity index (χ0) is 12.5. The molecule has 0 atom stereocenters. The molecule has 0 heterocycles. The predicted octanol–water partition coefficient (Wildman–Crippen LogP) is 2.69. The Balaban J connectivity index is 0. The molecule has 0 aromatic carbocycles. The predicted molar refractivity (Wildman–Crippen MR) is 74.9 cm³/mol. The van der Waals surface area contributed by atoms with Gasteiger partial charge < -0.3 is 14.7 Å². The van der Waals surface area contributed by atoms with Crippen LogP contribution in [0.5, 0.6) is 0 Å². The van der Waals surface area contributed by atoms with E-state index in [4.69, 9.17) is 9.79 Å². The monoisotopic (exact) mass is 273 g/mol. The highest BCUT2D eigenvalue weighted by molar-refractivity contribution is 8.67. The van der Waals surface area contributed by atoms with Gasteiger partial charge in [0.15, 0.2) is 0 Å². The number of rotatable bonds is 5. The van der Waals surface area contributed by atoms with Gasteiger partial charge in [0.2, 0.25) is 5.69 Å². The van der Waals surface area contributed by atoms with Crippen LogP contribution in [0.15, 0.2) is 0 Å². The highest BCUT2D eigenvalue weighted by Gasteiger charge is 2.09. The van der Waals surface area contributed by atoms with Gasteiger partial charge in [0.05, 0.1) is 0 Å². The Bertz CT molecular complexity index is 175. The van der Waals surface area contributed by atoms with Crippen molar-refractivity contribution in [1.82, 2.24) is 4.90 Å². The van der Waals surface area contributed by atoms with E-state index in [0.717, 1.165) is 11.4 Å². The van der Waals surface area contributed by atoms with Gasteiger partial charge in [-0.05, 0) is 31.4 Å². The van der Waals surface area contributed by atoms with Crippen LogP contribution in [0, 0.1) is 0 Å². The van der Waals surface area contributed by atoms with Crippen LogP contribution in [-0.2, 0) is 11.8 Å². The van der Waals surface area contributed by atoms with Gasteiger partial charge in [0.25, 0.3) is 0 Å². The third-order valence-electron chi connectivity index (χ3n) is 1.69. The molecule has 0 radical (unpaired) electrons. The second kappa shape index (κ2) is 10.1. The second-order valence-electron chi connectivity index (χ2n) is 3.26. The quantitative estimate of drug-likeness (QED) is 0.754. The fraction of sp³-hybridized carbons (Fsp3) is 1.00. The molecule has 0 spiro atoms. The van der Waals surface area contributed by atoms with E-state index in [2.05, 4.69) is 37.5 Å². The van der Waals surface area contributed by atoms with Crippen molar-refractivity contribution < 1.29 is 9.79 Å². The molecule has 0 aromatic heterocycles. The minimum atomic E-state index is -2.97. The Morgan fingerprint density at radius 2 is 1.47 bits per heavy atom. The van der Waals surface area contributed by atoms with Gasteiger partial charge in [-0.1, -0.05) is 46.0 Å². The van der Waals surface area contributed by atoms with Crippen molar-refractivity contribution in [3.8, 4) is 0 Å². The lowest BCUT2D eigenvalue weighted by Crippen LogP contribution is -2.21. The Labute approximate surface area is 103 Å². The molecule has 0 aliphatic carbocycles. The van der Waals surface area contributed by atoms with E-state index in [1.807, 2.05) is 13.8 Å². The van der Waals surface area contributed by atoms with E-state index in [-0.39, 0.29) is 5.25 Å². The topological polar surface area (TPSA) is 43.7 Å². The van der Waals surface area contributed by atoms with Gasteiger partial charge in [-0.2, -0.15) is 0 Å². The molecule has 0 unspecified atom stereocenters. The molecule has 94 valence electrons. The van der Waals surface area contributed by atoms with Crippen molar-refractivity contribution >= 4 is 28.9 Å². The van der Waals surface area contributed by atoms with Gasteiger partial charge in [-0.25, -0.2) is 0 Å². The zero-order valence-corrected chi connectivity index (χ0v) is 12.8. The normalized spacial score (nSPS) is 11.5. The average molecular weight is 273 g/mol. The molecule has 3 nitrogen and oxygen atoms in total. The summed E-state index contributed by atoms with van der Waals surface area (Å²) >= 11 is 5.39. The molecule has 6 heteroatoms. The van der Waals surface area contributed by atoms with Gasteiger partial charge in [0, 0.05) is 5.25 Å². The van der Waals surface area contributed by atoms with E-state index in [1.54, 1.807) is 0 Å². The first kappa shape index (κ1) is 18.3. The molecule has 0 rings (SSSR count). The fourth-order valence-corrected chi connectivity index (χ4v) is 4.69. The molecule has 0 aromatic rings. The molecule has 0 fully saturated rings. The van der Waals surface area contributed by atoms with Gasteiger partial charge in [-0.15, -0.1) is 0 Å². The van der Waals surface area contributed by atoms with Crippen molar-refractivity contribution in [2.45, 2.75) is 39.9 Å². The molecule has 0 aliphatic heterocycles. The summed E-state index contributed by atoms with van der Waals surface area (Å²) < 4.78 is 0. The summed E-state index contributed by atoms with van der Waals surface area (Å²) in [6.45, 7) is 13.9. The second-order valence-corrected chi connectivity index (χ2v) is 9.78. The first-order valence-electron chi connectivity index (χ1n) is 5.23. The van der Waals surface area contributed by atoms with E-state index in [1.165, 1.54) is 19.6 Å². The third kappa shape index (κ3) is 17.5. The molecule has 0 saturated heterocycles. The molecule has 15 heavy (non-hydrogen) atoms. The first-order valence-corrected chi connectivity index (χ1v) is 9.42. The first-order chi connectivity index (χ1) is 6.76. The van der Waals surface area contributed by atoms with Crippen LogP contribution in [0.4, 0.5) is 0 Å². The minimum Gasteiger partial charge on any atom is -0.338 e. The third-order valence-corrected chi connectivity index (χ3v) is 5.25. The largest absolute Gasteiger partial charge is 0.338 e. The van der Waals surface area contributed by atoms with Crippen molar-refractivity contribution in [2.24, 2.45) is 0 Å². The highest BCUT2D eigenvalue weighted by atomic mass is 32.9. The zero-order valence-electron chi connectivity index (χ0n) is 10.3. The lowest BCUT2D eigenvalue weighted by molar-refractivity contribution is 0.321. The molecule has 2 N–H and O–H groups in total. The van der Waals surface area contributed by atoms with E-state index in [9.17, 15) is 0 Å². The lowest BCUT2D eigenvalue weighted by Gasteiger charge is -2.13. The SMILES string of the molecule is CC(C)SP(O)(O)=S.CCN(CC)CC. The Kier molecular flexibility index (Phi) is 12.2. The average Bonchev–Trinajstić information content (AvgIpc) is 2.03. The van der Waals surface area contributed by atoms with Gasteiger partial charge >= 0.3 is 0 Å². The maximum Gasteiger partial charge on any atom is 0.242 e. The molecule has 0 aliphatic rings. The van der Waals surface area contributed by atoms with Crippen molar-refractivity contribution in [1.29, 1.82) is 0 Å². The van der Waals surface area contributed by atoms with Crippen LogP contribution in [0.2, 0.25) is 0 Å². The summed E-state index contributed by atoms with van der Waals surface area (Å²) in [7, 11) is 0. The van der Waals surface area contributed by atoms with E-state index < -0.39 is 5.69 Å². The summed E-state index contributed by atoms with van der Waals surface area (Å²) in [5.41, 5.74) is -2.97. The standard InChI is InChI=1S/C6H15N.C3H9O2PS2/c1-4-7(5-2)6-3;1-3(2)8-6(4,5)7/h4-6H2,1-3H3;3H,1-2H3,(H2,4,5,7). The minimum absolute atomic E-state index is 0.204. The number of hydrogen-bond donors (Lipinski definition) is 2. The smallest absolute Gasteiger partial charge is 0.242 e. The van der Waals surface area contributed by atoms with Crippen LogP contribution in [0.3, 0.4) is 0 Å². The van der Waals surface area contributed by atoms with E-state index >= 15 is 0 Å². The van der Waals surface area contributed by atoms with Crippen molar-refractivity contribution in [2.75, 3.05) is 19.6 Å². The van der Waals surface area contributed by atoms with Crippen molar-refractivity contribution in [3.63, 3.8) is 0 Å².